The van der Waals surface area contributed by atoms with E-state index in [1.807, 2.05) is 7.05 Å². The molecule has 0 aliphatic carbocycles. The van der Waals surface area contributed by atoms with E-state index in [9.17, 15) is 14.9 Å². The van der Waals surface area contributed by atoms with Gasteiger partial charge in [0.15, 0.2) is 0 Å². The molecule has 1 aromatic heterocycles. The summed E-state index contributed by atoms with van der Waals surface area (Å²) in [6, 6.07) is 1.18. The van der Waals surface area contributed by atoms with Gasteiger partial charge in [0.1, 0.15) is 12.0 Å². The Morgan fingerprint density at radius 2 is 2.05 bits per heavy atom. The maximum Gasteiger partial charge on any atom is 0.288 e. The number of carbonyl (C=O) groups excluding carboxylic acids is 1. The summed E-state index contributed by atoms with van der Waals surface area (Å²) in [4.78, 5) is 29.8. The number of hydrogen-bond acceptors (Lipinski definition) is 6. The van der Waals surface area contributed by atoms with Crippen molar-refractivity contribution in [3.8, 4) is 0 Å². The molecule has 2 heterocycles. The molecule has 0 bridgehead atoms. The van der Waals surface area contributed by atoms with Gasteiger partial charge in [-0.3, -0.25) is 14.9 Å². The lowest BCUT2D eigenvalue weighted by atomic mass is 10.2. The van der Waals surface area contributed by atoms with Crippen LogP contribution in [0.1, 0.15) is 10.4 Å². The van der Waals surface area contributed by atoms with Crippen LogP contribution in [0.3, 0.4) is 0 Å². The van der Waals surface area contributed by atoms with Crippen LogP contribution in [-0.2, 0) is 0 Å². The van der Waals surface area contributed by atoms with E-state index < -0.39 is 4.92 Å². The predicted octanol–water partition coefficient (Wildman–Crippen LogP) is -0.0404. The summed E-state index contributed by atoms with van der Waals surface area (Å²) in [6.07, 6.45) is 1.05. The SMILES string of the molecule is CN1CCN(C(=O)c2cc([N+](=O)[O-])cnc2N)CC1. The van der Waals surface area contributed by atoms with Crippen molar-refractivity contribution < 1.29 is 9.72 Å². The quantitative estimate of drug-likeness (QED) is 0.594. The summed E-state index contributed by atoms with van der Waals surface area (Å²) in [5.41, 5.74) is 5.50. The monoisotopic (exact) mass is 265 g/mol. The van der Waals surface area contributed by atoms with E-state index in [0.717, 1.165) is 19.3 Å². The second kappa shape index (κ2) is 5.19. The van der Waals surface area contributed by atoms with Gasteiger partial charge >= 0.3 is 0 Å². The highest BCUT2D eigenvalue weighted by Gasteiger charge is 2.24. The van der Waals surface area contributed by atoms with E-state index in [4.69, 9.17) is 5.73 Å². The molecule has 8 heteroatoms. The third-order valence-corrected chi connectivity index (χ3v) is 3.14. The number of nitrogen functional groups attached to an aromatic ring is 1. The summed E-state index contributed by atoms with van der Waals surface area (Å²) >= 11 is 0. The highest BCUT2D eigenvalue weighted by molar-refractivity contribution is 5.98. The van der Waals surface area contributed by atoms with Crippen molar-refractivity contribution in [3.63, 3.8) is 0 Å². The van der Waals surface area contributed by atoms with E-state index in [1.165, 1.54) is 6.07 Å². The van der Waals surface area contributed by atoms with Gasteiger partial charge in [-0.1, -0.05) is 0 Å². The number of likely N-dealkylation sites (N-methyl/N-ethyl adjacent to an activating group) is 1. The topological polar surface area (TPSA) is 106 Å². The number of nitrogens with zero attached hydrogens (tertiary/aromatic N) is 4. The normalized spacial score (nSPS) is 16.4. The van der Waals surface area contributed by atoms with Crippen LogP contribution in [0.15, 0.2) is 12.3 Å². The van der Waals surface area contributed by atoms with Crippen molar-refractivity contribution in [3.05, 3.63) is 27.9 Å². The molecule has 1 fully saturated rings. The molecule has 1 saturated heterocycles. The van der Waals surface area contributed by atoms with Crippen molar-refractivity contribution in [2.45, 2.75) is 0 Å². The minimum Gasteiger partial charge on any atom is -0.383 e. The first-order chi connectivity index (χ1) is 8.99. The van der Waals surface area contributed by atoms with Crippen LogP contribution in [0, 0.1) is 10.1 Å². The molecule has 0 radical (unpaired) electrons. The Bertz CT molecular complexity index is 511. The summed E-state index contributed by atoms with van der Waals surface area (Å²) in [5.74, 6) is -0.281. The van der Waals surface area contributed by atoms with Crippen LogP contribution >= 0.6 is 0 Å². The number of carbonyl (C=O) groups is 1. The zero-order valence-corrected chi connectivity index (χ0v) is 10.6. The fraction of sp³-hybridized carbons (Fsp3) is 0.455. The van der Waals surface area contributed by atoms with Gasteiger partial charge in [0.05, 0.1) is 10.5 Å². The molecule has 1 aliphatic heterocycles. The Balaban J connectivity index is 2.23. The van der Waals surface area contributed by atoms with Crippen LogP contribution in [0.5, 0.6) is 0 Å². The van der Waals surface area contributed by atoms with Gasteiger partial charge in [-0.2, -0.15) is 0 Å². The van der Waals surface area contributed by atoms with E-state index in [1.54, 1.807) is 4.90 Å². The van der Waals surface area contributed by atoms with E-state index in [2.05, 4.69) is 9.88 Å². The Hall–Kier alpha value is -2.22. The van der Waals surface area contributed by atoms with Crippen LogP contribution in [-0.4, -0.2) is 58.8 Å². The minimum atomic E-state index is -0.590. The number of aromatic nitrogens is 1. The molecular weight excluding hydrogens is 250 g/mol. The van der Waals surface area contributed by atoms with Gasteiger partial charge < -0.3 is 15.5 Å². The van der Waals surface area contributed by atoms with Gasteiger partial charge in [0.25, 0.3) is 11.6 Å². The molecule has 0 unspecified atom stereocenters. The maximum absolute atomic E-state index is 12.3. The smallest absolute Gasteiger partial charge is 0.288 e. The Morgan fingerprint density at radius 1 is 1.42 bits per heavy atom. The second-order valence-corrected chi connectivity index (χ2v) is 4.48. The number of amides is 1. The molecule has 0 aromatic carbocycles. The summed E-state index contributed by atoms with van der Waals surface area (Å²) in [7, 11) is 1.98. The maximum atomic E-state index is 12.3. The van der Waals surface area contributed by atoms with Gasteiger partial charge in [0.2, 0.25) is 0 Å². The Labute approximate surface area is 110 Å². The van der Waals surface area contributed by atoms with Gasteiger partial charge in [-0.25, -0.2) is 4.98 Å². The predicted molar refractivity (Wildman–Crippen MR) is 68.7 cm³/mol. The number of nitro groups is 1. The van der Waals surface area contributed by atoms with Crippen molar-refractivity contribution in [2.75, 3.05) is 39.0 Å². The Kier molecular flexibility index (Phi) is 3.61. The molecule has 8 nitrogen and oxygen atoms in total. The van der Waals surface area contributed by atoms with Crippen molar-refractivity contribution in [1.82, 2.24) is 14.8 Å². The number of anilines is 1. The lowest BCUT2D eigenvalue weighted by Gasteiger charge is -2.32. The van der Waals surface area contributed by atoms with Gasteiger partial charge in [-0.15, -0.1) is 0 Å². The molecule has 102 valence electrons. The third-order valence-electron chi connectivity index (χ3n) is 3.14. The number of rotatable bonds is 2. The first-order valence-electron chi connectivity index (χ1n) is 5.87. The molecule has 19 heavy (non-hydrogen) atoms. The van der Waals surface area contributed by atoms with Gasteiger partial charge in [-0.05, 0) is 7.05 Å². The molecule has 0 atom stereocenters. The largest absolute Gasteiger partial charge is 0.383 e. The molecular formula is C11H15N5O3. The average molecular weight is 265 g/mol. The second-order valence-electron chi connectivity index (χ2n) is 4.48. The van der Waals surface area contributed by atoms with E-state index in [-0.39, 0.29) is 23.0 Å². The van der Waals surface area contributed by atoms with Crippen molar-refractivity contribution >= 4 is 17.4 Å². The average Bonchev–Trinajstić information content (AvgIpc) is 2.39. The lowest BCUT2D eigenvalue weighted by Crippen LogP contribution is -2.47. The van der Waals surface area contributed by atoms with E-state index in [0.29, 0.717) is 13.1 Å². The number of hydrogen-bond donors (Lipinski definition) is 1. The standard InChI is InChI=1S/C11H15N5O3/c1-14-2-4-15(5-3-14)11(17)9-6-8(16(18)19)7-13-10(9)12/h6-7H,2-5H2,1H3,(H2,12,13). The third kappa shape index (κ3) is 2.79. The Morgan fingerprint density at radius 3 is 2.63 bits per heavy atom. The summed E-state index contributed by atoms with van der Waals surface area (Å²) in [6.45, 7) is 2.71. The summed E-state index contributed by atoms with van der Waals surface area (Å²) in [5, 5.41) is 10.7. The first kappa shape index (κ1) is 13.2. The highest BCUT2D eigenvalue weighted by atomic mass is 16.6. The molecule has 2 N–H and O–H groups in total. The molecule has 0 spiro atoms. The van der Waals surface area contributed by atoms with Crippen LogP contribution < -0.4 is 5.73 Å². The van der Waals surface area contributed by atoms with Crippen molar-refractivity contribution in [1.29, 1.82) is 0 Å². The molecule has 2 rings (SSSR count). The molecule has 0 saturated carbocycles. The first-order valence-corrected chi connectivity index (χ1v) is 5.87. The van der Waals surface area contributed by atoms with Gasteiger partial charge in [0, 0.05) is 32.2 Å². The molecule has 1 amide bonds. The lowest BCUT2D eigenvalue weighted by molar-refractivity contribution is -0.385. The van der Waals surface area contributed by atoms with Crippen LogP contribution in [0.4, 0.5) is 11.5 Å². The fourth-order valence-electron chi connectivity index (χ4n) is 1.92. The minimum absolute atomic E-state index is 0.0227. The highest BCUT2D eigenvalue weighted by Crippen LogP contribution is 2.19. The van der Waals surface area contributed by atoms with Crippen LogP contribution in [0.2, 0.25) is 0 Å². The number of pyridine rings is 1. The molecule has 1 aliphatic rings. The van der Waals surface area contributed by atoms with E-state index >= 15 is 0 Å². The zero-order valence-electron chi connectivity index (χ0n) is 10.6. The zero-order chi connectivity index (χ0) is 14.0. The van der Waals surface area contributed by atoms with Crippen molar-refractivity contribution in [2.24, 2.45) is 0 Å². The molecule has 1 aromatic rings. The summed E-state index contributed by atoms with van der Waals surface area (Å²) < 4.78 is 0. The fourth-order valence-corrected chi connectivity index (χ4v) is 1.92. The van der Waals surface area contributed by atoms with Crippen LogP contribution in [0.25, 0.3) is 0 Å². The number of piperazine rings is 1. The number of nitrogens with two attached hydrogens (primary N) is 1.